The summed E-state index contributed by atoms with van der Waals surface area (Å²) in [7, 11) is 0. The molecule has 0 aliphatic heterocycles. The molecule has 0 aliphatic rings. The molecule has 0 fully saturated rings. The number of ether oxygens (including phenoxy) is 2. The molecule has 4 nitrogen and oxygen atoms in total. The van der Waals surface area contributed by atoms with Gasteiger partial charge < -0.3 is 14.6 Å². The number of hydrogen-bond donors (Lipinski definition) is 1. The Morgan fingerprint density at radius 3 is 2.05 bits per heavy atom. The van der Waals surface area contributed by atoms with Crippen LogP contribution in [0.1, 0.15) is 64.2 Å². The van der Waals surface area contributed by atoms with Gasteiger partial charge in [0.25, 0.3) is 0 Å². The predicted octanol–water partition coefficient (Wildman–Crippen LogP) is 3.27. The van der Waals surface area contributed by atoms with E-state index in [1.54, 1.807) is 0 Å². The quantitative estimate of drug-likeness (QED) is 0.371. The summed E-state index contributed by atoms with van der Waals surface area (Å²) >= 11 is 0. The number of aliphatic hydroxyl groups excluding tert-OH is 1. The van der Waals surface area contributed by atoms with Crippen molar-refractivity contribution in [2.24, 2.45) is 0 Å². The van der Waals surface area contributed by atoms with E-state index >= 15 is 0 Å². The maximum atomic E-state index is 11.3. The molecule has 119 valence electrons. The lowest BCUT2D eigenvalue weighted by atomic mass is 10.1. The summed E-state index contributed by atoms with van der Waals surface area (Å²) in [4.78, 5) is 11.3. The van der Waals surface area contributed by atoms with Gasteiger partial charge in [-0.3, -0.25) is 4.79 Å². The van der Waals surface area contributed by atoms with E-state index in [-0.39, 0.29) is 19.2 Å². The van der Waals surface area contributed by atoms with Crippen molar-refractivity contribution in [3.8, 4) is 0 Å². The van der Waals surface area contributed by atoms with Gasteiger partial charge in [-0.15, -0.1) is 0 Å². The van der Waals surface area contributed by atoms with Crippen LogP contribution in [0.2, 0.25) is 0 Å². The molecular weight excluding hydrogens is 256 g/mol. The molecule has 20 heavy (non-hydrogen) atoms. The Morgan fingerprint density at radius 1 is 0.850 bits per heavy atom. The largest absolute Gasteiger partial charge is 0.463 e. The fourth-order valence-electron chi connectivity index (χ4n) is 1.96. The molecule has 0 aromatic rings. The molecule has 0 spiro atoms. The molecule has 0 saturated carbocycles. The topological polar surface area (TPSA) is 55.8 Å². The zero-order chi connectivity index (χ0) is 14.9. The first-order valence-corrected chi connectivity index (χ1v) is 7.94. The van der Waals surface area contributed by atoms with Gasteiger partial charge in [-0.2, -0.15) is 0 Å². The zero-order valence-corrected chi connectivity index (χ0v) is 12.8. The summed E-state index contributed by atoms with van der Waals surface area (Å²) in [5.74, 6) is -0.145. The van der Waals surface area contributed by atoms with Crippen LogP contribution in [0.5, 0.6) is 0 Å². The fourth-order valence-corrected chi connectivity index (χ4v) is 1.96. The molecule has 0 bridgehead atoms. The molecule has 0 aliphatic carbocycles. The number of aliphatic hydroxyl groups is 1. The van der Waals surface area contributed by atoms with Crippen LogP contribution in [0.3, 0.4) is 0 Å². The minimum absolute atomic E-state index is 0.00325. The van der Waals surface area contributed by atoms with Crippen LogP contribution in [0.4, 0.5) is 0 Å². The van der Waals surface area contributed by atoms with Gasteiger partial charge in [-0.25, -0.2) is 0 Å². The van der Waals surface area contributed by atoms with E-state index in [2.05, 4.69) is 6.92 Å². The van der Waals surface area contributed by atoms with Crippen LogP contribution in [0.15, 0.2) is 0 Å². The molecule has 0 atom stereocenters. The van der Waals surface area contributed by atoms with Crippen molar-refractivity contribution in [1.29, 1.82) is 0 Å². The van der Waals surface area contributed by atoms with E-state index in [0.717, 1.165) is 19.3 Å². The van der Waals surface area contributed by atoms with Gasteiger partial charge in [0.2, 0.25) is 0 Å². The molecule has 0 aromatic carbocycles. The normalized spacial score (nSPS) is 10.7. The lowest BCUT2D eigenvalue weighted by Crippen LogP contribution is -2.11. The van der Waals surface area contributed by atoms with Crippen molar-refractivity contribution >= 4 is 5.97 Å². The van der Waals surface area contributed by atoms with Crippen LogP contribution in [-0.4, -0.2) is 37.5 Å². The number of hydrogen-bond acceptors (Lipinski definition) is 4. The number of carbonyl (C=O) groups excluding carboxylic acids is 1. The van der Waals surface area contributed by atoms with Crippen molar-refractivity contribution < 1.29 is 19.4 Å². The summed E-state index contributed by atoms with van der Waals surface area (Å²) in [5.41, 5.74) is 0. The Hall–Kier alpha value is -0.610. The maximum absolute atomic E-state index is 11.3. The number of carbonyl (C=O) groups is 1. The summed E-state index contributed by atoms with van der Waals surface area (Å²) in [6, 6.07) is 0. The average Bonchev–Trinajstić information content (AvgIpc) is 2.45. The first-order chi connectivity index (χ1) is 9.81. The standard InChI is InChI=1S/C16H31O4/c1-2-3-4-5-6-7-8-9-10-11-16(18)20-15-14-19-13-12-17/h17H,1-15H2. The Labute approximate surface area is 123 Å². The summed E-state index contributed by atoms with van der Waals surface area (Å²) in [6.45, 7) is 4.78. The Balaban J connectivity index is 3.11. The van der Waals surface area contributed by atoms with Crippen molar-refractivity contribution in [3.05, 3.63) is 6.92 Å². The third kappa shape index (κ3) is 15.4. The lowest BCUT2D eigenvalue weighted by molar-refractivity contribution is -0.145. The molecular formula is C16H31O4. The number of esters is 1. The number of rotatable bonds is 15. The summed E-state index contributed by atoms with van der Waals surface area (Å²) < 4.78 is 10.0. The van der Waals surface area contributed by atoms with Gasteiger partial charge in [0.1, 0.15) is 6.61 Å². The fraction of sp³-hybridized carbons (Fsp3) is 0.875. The smallest absolute Gasteiger partial charge is 0.305 e. The van der Waals surface area contributed by atoms with Crippen molar-refractivity contribution in [2.75, 3.05) is 26.4 Å². The van der Waals surface area contributed by atoms with Crippen LogP contribution < -0.4 is 0 Å². The van der Waals surface area contributed by atoms with Gasteiger partial charge in [-0.1, -0.05) is 58.3 Å². The Bertz CT molecular complexity index is 207. The Kier molecular flexibility index (Phi) is 15.9. The van der Waals surface area contributed by atoms with Crippen LogP contribution in [0, 0.1) is 6.92 Å². The summed E-state index contributed by atoms with van der Waals surface area (Å²) in [6.07, 6.45) is 11.2. The van der Waals surface area contributed by atoms with Gasteiger partial charge in [0.05, 0.1) is 19.8 Å². The van der Waals surface area contributed by atoms with E-state index in [9.17, 15) is 4.79 Å². The van der Waals surface area contributed by atoms with Crippen molar-refractivity contribution in [2.45, 2.75) is 64.2 Å². The van der Waals surface area contributed by atoms with Crippen LogP contribution in [-0.2, 0) is 14.3 Å². The van der Waals surface area contributed by atoms with E-state index in [1.165, 1.54) is 38.5 Å². The second kappa shape index (κ2) is 16.4. The van der Waals surface area contributed by atoms with Crippen LogP contribution >= 0.6 is 0 Å². The van der Waals surface area contributed by atoms with Gasteiger partial charge >= 0.3 is 5.97 Å². The molecule has 4 heteroatoms. The highest BCUT2D eigenvalue weighted by molar-refractivity contribution is 5.69. The molecule has 1 N–H and O–H groups in total. The van der Waals surface area contributed by atoms with E-state index < -0.39 is 0 Å². The molecule has 0 saturated heterocycles. The molecule has 0 heterocycles. The van der Waals surface area contributed by atoms with E-state index in [0.29, 0.717) is 19.6 Å². The molecule has 0 rings (SSSR count). The second-order valence-electron chi connectivity index (χ2n) is 4.99. The SMILES string of the molecule is [CH2]CCCCCCCCCCC(=O)OCCOCCO. The third-order valence-corrected chi connectivity index (χ3v) is 3.11. The second-order valence-corrected chi connectivity index (χ2v) is 4.99. The first-order valence-electron chi connectivity index (χ1n) is 7.94. The minimum Gasteiger partial charge on any atom is -0.463 e. The average molecular weight is 287 g/mol. The van der Waals surface area contributed by atoms with E-state index in [4.69, 9.17) is 14.6 Å². The minimum atomic E-state index is -0.145. The van der Waals surface area contributed by atoms with Gasteiger partial charge in [0.15, 0.2) is 0 Å². The van der Waals surface area contributed by atoms with Crippen LogP contribution in [0.25, 0.3) is 0 Å². The highest BCUT2D eigenvalue weighted by Crippen LogP contribution is 2.10. The number of unbranched alkanes of at least 4 members (excludes halogenated alkanes) is 8. The lowest BCUT2D eigenvalue weighted by Gasteiger charge is -2.05. The highest BCUT2D eigenvalue weighted by atomic mass is 16.6. The monoisotopic (exact) mass is 287 g/mol. The molecule has 1 radical (unpaired) electrons. The first kappa shape index (κ1) is 19.4. The van der Waals surface area contributed by atoms with Gasteiger partial charge in [0, 0.05) is 6.42 Å². The Morgan fingerprint density at radius 2 is 1.45 bits per heavy atom. The molecule has 0 amide bonds. The highest BCUT2D eigenvalue weighted by Gasteiger charge is 2.02. The van der Waals surface area contributed by atoms with Crippen molar-refractivity contribution in [3.63, 3.8) is 0 Å². The zero-order valence-electron chi connectivity index (χ0n) is 12.8. The van der Waals surface area contributed by atoms with Gasteiger partial charge in [-0.05, 0) is 6.42 Å². The molecule has 0 unspecified atom stereocenters. The molecule has 0 aromatic heterocycles. The maximum Gasteiger partial charge on any atom is 0.305 e. The van der Waals surface area contributed by atoms with Crippen molar-refractivity contribution in [1.82, 2.24) is 0 Å². The third-order valence-electron chi connectivity index (χ3n) is 3.11. The summed E-state index contributed by atoms with van der Waals surface area (Å²) in [5, 5.41) is 8.49. The predicted molar refractivity (Wildman–Crippen MR) is 80.4 cm³/mol. The van der Waals surface area contributed by atoms with E-state index in [1.807, 2.05) is 0 Å².